The number of halogens is 2. The number of hydrogen-bond donors (Lipinski definition) is 0. The van der Waals surface area contributed by atoms with Crippen molar-refractivity contribution < 1.29 is 9.53 Å². The first kappa shape index (κ1) is 14.8. The number of aromatic nitrogens is 2. The standard InChI is InChI=1S/C16H10Cl2N2O2/c17-12-5-6-19-14(8-12)16(21)22-9-11-7-10-3-1-2-4-13(10)20-15(11)18/h1-8H,9H2. The molecule has 0 radical (unpaired) electrons. The molecule has 0 atom stereocenters. The van der Waals surface area contributed by atoms with Crippen molar-refractivity contribution in [2.24, 2.45) is 0 Å². The van der Waals surface area contributed by atoms with E-state index in [0.717, 1.165) is 10.9 Å². The van der Waals surface area contributed by atoms with Gasteiger partial charge in [-0.1, -0.05) is 41.4 Å². The molecule has 0 bridgehead atoms. The molecule has 0 fully saturated rings. The summed E-state index contributed by atoms with van der Waals surface area (Å²) in [5.41, 5.74) is 1.58. The van der Waals surface area contributed by atoms with Gasteiger partial charge in [0.05, 0.1) is 5.52 Å². The van der Waals surface area contributed by atoms with Gasteiger partial charge in [0.2, 0.25) is 0 Å². The molecular weight excluding hydrogens is 323 g/mol. The van der Waals surface area contributed by atoms with E-state index in [-0.39, 0.29) is 12.3 Å². The molecule has 0 aliphatic carbocycles. The summed E-state index contributed by atoms with van der Waals surface area (Å²) in [6.45, 7) is 0.0176. The van der Waals surface area contributed by atoms with Crippen molar-refractivity contribution in [3.63, 3.8) is 0 Å². The Morgan fingerprint density at radius 3 is 2.77 bits per heavy atom. The molecule has 2 heterocycles. The Morgan fingerprint density at radius 2 is 1.95 bits per heavy atom. The number of rotatable bonds is 3. The van der Waals surface area contributed by atoms with E-state index in [2.05, 4.69) is 9.97 Å². The number of nitrogens with zero attached hydrogens (tertiary/aromatic N) is 2. The lowest BCUT2D eigenvalue weighted by molar-refractivity contribution is 0.0465. The molecule has 4 nitrogen and oxygen atoms in total. The van der Waals surface area contributed by atoms with Gasteiger partial charge < -0.3 is 4.74 Å². The van der Waals surface area contributed by atoms with E-state index >= 15 is 0 Å². The minimum Gasteiger partial charge on any atom is -0.456 e. The van der Waals surface area contributed by atoms with Gasteiger partial charge in [-0.3, -0.25) is 0 Å². The molecule has 3 aromatic rings. The van der Waals surface area contributed by atoms with Crippen molar-refractivity contribution in [3.8, 4) is 0 Å². The third-order valence-electron chi connectivity index (χ3n) is 3.04. The lowest BCUT2D eigenvalue weighted by Gasteiger charge is -2.07. The smallest absolute Gasteiger partial charge is 0.357 e. The Labute approximate surface area is 136 Å². The molecule has 6 heteroatoms. The van der Waals surface area contributed by atoms with Gasteiger partial charge in [0.25, 0.3) is 0 Å². The largest absolute Gasteiger partial charge is 0.456 e. The molecule has 0 aliphatic heterocycles. The van der Waals surface area contributed by atoms with Crippen LogP contribution in [0.5, 0.6) is 0 Å². The van der Waals surface area contributed by atoms with Gasteiger partial charge in [-0.05, 0) is 24.3 Å². The monoisotopic (exact) mass is 332 g/mol. The fraction of sp³-hybridized carbons (Fsp3) is 0.0625. The molecule has 110 valence electrons. The molecule has 0 amide bonds. The Hall–Kier alpha value is -2.17. The number of hydrogen-bond acceptors (Lipinski definition) is 4. The number of pyridine rings is 2. The average Bonchev–Trinajstić information content (AvgIpc) is 2.52. The first-order valence-corrected chi connectivity index (χ1v) is 7.22. The second kappa shape index (κ2) is 6.30. The first-order valence-electron chi connectivity index (χ1n) is 6.46. The van der Waals surface area contributed by atoms with Crippen LogP contribution in [0.3, 0.4) is 0 Å². The lowest BCUT2D eigenvalue weighted by Crippen LogP contribution is -2.07. The molecule has 2 aromatic heterocycles. The van der Waals surface area contributed by atoms with E-state index in [1.54, 1.807) is 6.07 Å². The minimum absolute atomic E-state index is 0.0176. The van der Waals surface area contributed by atoms with E-state index in [4.69, 9.17) is 27.9 Å². The van der Waals surface area contributed by atoms with Crippen molar-refractivity contribution in [1.29, 1.82) is 0 Å². The summed E-state index contributed by atoms with van der Waals surface area (Å²) in [6, 6.07) is 12.5. The number of esters is 1. The molecule has 3 rings (SSSR count). The normalized spacial score (nSPS) is 10.6. The van der Waals surface area contributed by atoms with Crippen molar-refractivity contribution in [1.82, 2.24) is 9.97 Å². The number of para-hydroxylation sites is 1. The highest BCUT2D eigenvalue weighted by atomic mass is 35.5. The van der Waals surface area contributed by atoms with Gasteiger partial charge in [-0.15, -0.1) is 0 Å². The molecule has 0 N–H and O–H groups in total. The predicted octanol–water partition coefficient (Wildman–Crippen LogP) is 4.29. The molecule has 0 spiro atoms. The lowest BCUT2D eigenvalue weighted by atomic mass is 10.2. The van der Waals surface area contributed by atoms with Crippen LogP contribution in [0.15, 0.2) is 48.7 Å². The van der Waals surface area contributed by atoms with Crippen LogP contribution in [0.25, 0.3) is 10.9 Å². The maximum absolute atomic E-state index is 11.9. The highest BCUT2D eigenvalue weighted by molar-refractivity contribution is 6.31. The van der Waals surface area contributed by atoms with Crippen LogP contribution in [-0.4, -0.2) is 15.9 Å². The molecular formula is C16H10Cl2N2O2. The summed E-state index contributed by atoms with van der Waals surface area (Å²) >= 11 is 11.9. The number of ether oxygens (including phenoxy) is 1. The number of fused-ring (bicyclic) bond motifs is 1. The van der Waals surface area contributed by atoms with Gasteiger partial charge in [0.15, 0.2) is 0 Å². The van der Waals surface area contributed by atoms with Crippen LogP contribution in [0.4, 0.5) is 0 Å². The summed E-state index contributed by atoms with van der Waals surface area (Å²) in [7, 11) is 0. The third kappa shape index (κ3) is 3.18. The quantitative estimate of drug-likeness (QED) is 0.530. The van der Waals surface area contributed by atoms with Crippen LogP contribution in [0.1, 0.15) is 16.1 Å². The first-order chi connectivity index (χ1) is 10.6. The molecule has 22 heavy (non-hydrogen) atoms. The fourth-order valence-corrected chi connectivity index (χ4v) is 2.33. The summed E-state index contributed by atoms with van der Waals surface area (Å²) in [4.78, 5) is 20.1. The van der Waals surface area contributed by atoms with Crippen molar-refractivity contribution in [3.05, 3.63) is 70.1 Å². The minimum atomic E-state index is -0.563. The number of benzene rings is 1. The topological polar surface area (TPSA) is 52.1 Å². The van der Waals surface area contributed by atoms with Gasteiger partial charge in [0.1, 0.15) is 17.5 Å². The fourth-order valence-electron chi connectivity index (χ4n) is 1.97. The third-order valence-corrected chi connectivity index (χ3v) is 3.60. The van der Waals surface area contributed by atoms with Crippen LogP contribution >= 0.6 is 23.2 Å². The van der Waals surface area contributed by atoms with Gasteiger partial charge >= 0.3 is 5.97 Å². The molecule has 0 aliphatic rings. The summed E-state index contributed by atoms with van der Waals surface area (Å²) in [6.07, 6.45) is 1.45. The second-order valence-corrected chi connectivity index (χ2v) is 5.36. The Bertz CT molecular complexity index is 852. The van der Waals surface area contributed by atoms with E-state index in [1.165, 1.54) is 12.3 Å². The van der Waals surface area contributed by atoms with Gasteiger partial charge in [0, 0.05) is 22.2 Å². The van der Waals surface area contributed by atoms with Crippen molar-refractivity contribution >= 4 is 40.1 Å². The maximum Gasteiger partial charge on any atom is 0.357 e. The zero-order valence-electron chi connectivity index (χ0n) is 11.3. The van der Waals surface area contributed by atoms with Crippen LogP contribution in [-0.2, 0) is 11.3 Å². The van der Waals surface area contributed by atoms with Crippen LogP contribution < -0.4 is 0 Å². The molecule has 0 saturated heterocycles. The van der Waals surface area contributed by atoms with Crippen molar-refractivity contribution in [2.45, 2.75) is 6.61 Å². The Kier molecular flexibility index (Phi) is 4.22. The maximum atomic E-state index is 11.9. The molecule has 0 saturated carbocycles. The predicted molar refractivity (Wildman–Crippen MR) is 85.1 cm³/mol. The SMILES string of the molecule is O=C(OCc1cc2ccccc2nc1Cl)c1cc(Cl)ccn1. The highest BCUT2D eigenvalue weighted by Crippen LogP contribution is 2.21. The number of carbonyl (C=O) groups excluding carboxylic acids is 1. The van der Waals surface area contributed by atoms with Gasteiger partial charge in [-0.2, -0.15) is 0 Å². The van der Waals surface area contributed by atoms with E-state index in [9.17, 15) is 4.79 Å². The van der Waals surface area contributed by atoms with Crippen LogP contribution in [0.2, 0.25) is 10.2 Å². The van der Waals surface area contributed by atoms with Crippen molar-refractivity contribution in [2.75, 3.05) is 0 Å². The average molecular weight is 333 g/mol. The Balaban J connectivity index is 1.79. The summed E-state index contributed by atoms with van der Waals surface area (Å²) in [5, 5.41) is 1.66. The van der Waals surface area contributed by atoms with E-state index in [1.807, 2.05) is 30.3 Å². The number of carbonyl (C=O) groups is 1. The molecule has 0 unspecified atom stereocenters. The summed E-state index contributed by atoms with van der Waals surface area (Å²) < 4.78 is 5.21. The van der Waals surface area contributed by atoms with Crippen LogP contribution in [0, 0.1) is 0 Å². The zero-order chi connectivity index (χ0) is 15.5. The van der Waals surface area contributed by atoms with E-state index in [0.29, 0.717) is 15.7 Å². The summed E-state index contributed by atoms with van der Waals surface area (Å²) in [5.74, 6) is -0.563. The second-order valence-electron chi connectivity index (χ2n) is 4.57. The highest BCUT2D eigenvalue weighted by Gasteiger charge is 2.12. The zero-order valence-corrected chi connectivity index (χ0v) is 12.8. The van der Waals surface area contributed by atoms with Gasteiger partial charge in [-0.25, -0.2) is 14.8 Å². The molecule has 1 aromatic carbocycles. The van der Waals surface area contributed by atoms with E-state index < -0.39 is 5.97 Å². The Morgan fingerprint density at radius 1 is 1.14 bits per heavy atom.